The Kier molecular flexibility index (Phi) is 7.84. The molecule has 3 rings (SSSR count). The number of benzene rings is 2. The average molecular weight is 519 g/mol. The fourth-order valence-electron chi connectivity index (χ4n) is 4.00. The van der Waals surface area contributed by atoms with E-state index in [0.29, 0.717) is 23.2 Å². The molecule has 0 radical (unpaired) electrons. The maximum absolute atomic E-state index is 13.5. The highest BCUT2D eigenvalue weighted by atomic mass is 35.5. The van der Waals surface area contributed by atoms with Crippen molar-refractivity contribution in [2.45, 2.75) is 55.8 Å². The third kappa shape index (κ3) is 5.67. The van der Waals surface area contributed by atoms with Gasteiger partial charge in [0, 0.05) is 7.05 Å². The lowest BCUT2D eigenvalue weighted by molar-refractivity contribution is -0.137. The Morgan fingerprint density at radius 3 is 2.32 bits per heavy atom. The van der Waals surface area contributed by atoms with E-state index in [1.54, 1.807) is 19.1 Å². The minimum Gasteiger partial charge on any atom is -0.391 e. The zero-order chi connectivity index (χ0) is 25.3. The summed E-state index contributed by atoms with van der Waals surface area (Å²) >= 11 is 5.72. The summed E-state index contributed by atoms with van der Waals surface area (Å²) in [6, 6.07) is 7.98. The number of nitrogens with zero attached hydrogens (tertiary/aromatic N) is 2. The smallest absolute Gasteiger partial charge is 0.391 e. The van der Waals surface area contributed by atoms with E-state index in [2.05, 4.69) is 0 Å². The summed E-state index contributed by atoms with van der Waals surface area (Å²) < 4.78 is 68.0. The Morgan fingerprint density at radius 1 is 1.12 bits per heavy atom. The van der Waals surface area contributed by atoms with E-state index in [1.807, 2.05) is 0 Å². The van der Waals surface area contributed by atoms with Gasteiger partial charge >= 0.3 is 6.18 Å². The number of hydrogen-bond acceptors (Lipinski definition) is 4. The van der Waals surface area contributed by atoms with Gasteiger partial charge in [0.25, 0.3) is 10.0 Å². The first kappa shape index (κ1) is 26.3. The van der Waals surface area contributed by atoms with Crippen LogP contribution in [-0.2, 0) is 21.0 Å². The number of anilines is 1. The summed E-state index contributed by atoms with van der Waals surface area (Å²) in [5.41, 5.74) is -0.763. The molecule has 0 heterocycles. The van der Waals surface area contributed by atoms with Crippen molar-refractivity contribution in [2.75, 3.05) is 17.9 Å². The first-order valence-corrected chi connectivity index (χ1v) is 12.5. The van der Waals surface area contributed by atoms with Crippen LogP contribution in [-0.4, -0.2) is 50.1 Å². The molecule has 0 aromatic heterocycles. The van der Waals surface area contributed by atoms with Crippen LogP contribution in [0.5, 0.6) is 0 Å². The molecule has 2 aromatic carbocycles. The molecule has 1 aliphatic carbocycles. The van der Waals surface area contributed by atoms with Gasteiger partial charge in [0.05, 0.1) is 33.3 Å². The molecule has 1 amide bonds. The van der Waals surface area contributed by atoms with Gasteiger partial charge in [-0.15, -0.1) is 0 Å². The van der Waals surface area contributed by atoms with Crippen molar-refractivity contribution in [2.24, 2.45) is 0 Å². The second-order valence-corrected chi connectivity index (χ2v) is 10.7. The number of sulfonamides is 1. The molecule has 11 heteroatoms. The van der Waals surface area contributed by atoms with Gasteiger partial charge < -0.3 is 10.0 Å². The van der Waals surface area contributed by atoms with Crippen LogP contribution in [0.4, 0.5) is 18.9 Å². The zero-order valence-corrected chi connectivity index (χ0v) is 20.3. The number of alkyl halides is 3. The number of carbonyl (C=O) groups excluding carboxylic acids is 1. The molecule has 1 fully saturated rings. The molecular weight excluding hydrogens is 493 g/mol. The van der Waals surface area contributed by atoms with Gasteiger partial charge in [-0.3, -0.25) is 9.10 Å². The Hall–Kier alpha value is -2.30. The highest BCUT2D eigenvalue weighted by Gasteiger charge is 2.37. The number of hydrogen-bond donors (Lipinski definition) is 1. The van der Waals surface area contributed by atoms with E-state index in [4.69, 9.17) is 11.6 Å². The molecule has 2 atom stereocenters. The predicted octanol–water partition coefficient (Wildman–Crippen LogP) is 4.62. The first-order chi connectivity index (χ1) is 15.8. The van der Waals surface area contributed by atoms with Crippen molar-refractivity contribution in [3.63, 3.8) is 0 Å². The average Bonchev–Trinajstić information content (AvgIpc) is 2.77. The van der Waals surface area contributed by atoms with Crippen molar-refractivity contribution in [1.82, 2.24) is 4.90 Å². The molecule has 6 nitrogen and oxygen atoms in total. The lowest BCUT2D eigenvalue weighted by Gasteiger charge is -2.36. The quantitative estimate of drug-likeness (QED) is 0.605. The second kappa shape index (κ2) is 10.1. The fraction of sp³-hybridized carbons (Fsp3) is 0.435. The van der Waals surface area contributed by atoms with Crippen LogP contribution >= 0.6 is 11.6 Å². The molecule has 0 aliphatic heterocycles. The third-order valence-electron chi connectivity index (χ3n) is 6.02. The molecule has 0 spiro atoms. The number of carbonyl (C=O) groups is 1. The van der Waals surface area contributed by atoms with E-state index in [-0.39, 0.29) is 10.6 Å². The molecule has 0 saturated heterocycles. The van der Waals surface area contributed by atoms with Gasteiger partial charge in [-0.05, 0) is 50.1 Å². The van der Waals surface area contributed by atoms with Crippen LogP contribution in [0.3, 0.4) is 0 Å². The summed E-state index contributed by atoms with van der Waals surface area (Å²) in [4.78, 5) is 14.2. The summed E-state index contributed by atoms with van der Waals surface area (Å²) in [5, 5.41) is 9.71. The minimum atomic E-state index is -4.82. The van der Waals surface area contributed by atoms with Crippen molar-refractivity contribution in [3.05, 3.63) is 58.6 Å². The van der Waals surface area contributed by atoms with Crippen LogP contribution in [0.25, 0.3) is 0 Å². The van der Waals surface area contributed by atoms with Crippen molar-refractivity contribution in [3.8, 4) is 0 Å². The highest BCUT2D eigenvalue weighted by Crippen LogP contribution is 2.38. The van der Waals surface area contributed by atoms with E-state index < -0.39 is 51.4 Å². The van der Waals surface area contributed by atoms with Crippen molar-refractivity contribution in [1.29, 1.82) is 0 Å². The van der Waals surface area contributed by atoms with E-state index >= 15 is 0 Å². The van der Waals surface area contributed by atoms with Crippen molar-refractivity contribution < 1.29 is 31.5 Å². The standard InChI is InChI=1S/C23H26ClF3N2O4S/c1-15-7-10-17(11-8-15)34(32,33)29(16-9-12-19(24)18(13-16)23(25,26)27)14-22(31)28(2)20-5-3-4-6-21(20)30/h7-13,20-21,30H,3-6,14H2,1-2H3. The molecule has 2 unspecified atom stereocenters. The summed E-state index contributed by atoms with van der Waals surface area (Å²) in [6.45, 7) is 1.02. The number of halogens is 4. The molecule has 1 N–H and O–H groups in total. The van der Waals surface area contributed by atoms with Gasteiger partial charge in [-0.25, -0.2) is 8.42 Å². The molecule has 2 aromatic rings. The second-order valence-electron chi connectivity index (χ2n) is 8.41. The lowest BCUT2D eigenvalue weighted by atomic mass is 9.91. The number of aliphatic hydroxyl groups is 1. The fourth-order valence-corrected chi connectivity index (χ4v) is 5.63. The topological polar surface area (TPSA) is 77.9 Å². The first-order valence-electron chi connectivity index (χ1n) is 10.7. The normalized spacial score (nSPS) is 19.0. The number of aliphatic hydroxyl groups excluding tert-OH is 1. The van der Waals surface area contributed by atoms with Gasteiger partial charge in [0.2, 0.25) is 5.91 Å². The molecule has 0 bridgehead atoms. The Bertz CT molecular complexity index is 1140. The minimum absolute atomic E-state index is 0.172. The number of likely N-dealkylation sites (N-methyl/N-ethyl adjacent to an activating group) is 1. The van der Waals surface area contributed by atoms with E-state index in [9.17, 15) is 31.5 Å². The summed E-state index contributed by atoms with van der Waals surface area (Å²) in [5.74, 6) is -0.648. The zero-order valence-electron chi connectivity index (χ0n) is 18.7. The summed E-state index contributed by atoms with van der Waals surface area (Å²) in [7, 11) is -2.95. The maximum Gasteiger partial charge on any atom is 0.417 e. The number of aryl methyl sites for hydroxylation is 1. The van der Waals surface area contributed by atoms with E-state index in [0.717, 1.165) is 30.5 Å². The molecule has 1 aliphatic rings. The Labute approximate surface area is 202 Å². The third-order valence-corrected chi connectivity index (χ3v) is 8.13. The number of amides is 1. The Balaban J connectivity index is 2.04. The molecule has 186 valence electrons. The van der Waals surface area contributed by atoms with Crippen LogP contribution in [0.2, 0.25) is 5.02 Å². The number of rotatable bonds is 6. The van der Waals surface area contributed by atoms with Crippen LogP contribution < -0.4 is 4.31 Å². The van der Waals surface area contributed by atoms with Crippen LogP contribution in [0, 0.1) is 6.92 Å². The molecule has 34 heavy (non-hydrogen) atoms. The van der Waals surface area contributed by atoms with Gasteiger partial charge in [-0.2, -0.15) is 13.2 Å². The largest absolute Gasteiger partial charge is 0.417 e. The summed E-state index contributed by atoms with van der Waals surface area (Å²) in [6.07, 6.45) is -2.89. The van der Waals surface area contributed by atoms with Crippen LogP contribution in [0.1, 0.15) is 36.8 Å². The molecular formula is C23H26ClF3N2O4S. The van der Waals surface area contributed by atoms with Crippen molar-refractivity contribution >= 4 is 33.2 Å². The molecule has 1 saturated carbocycles. The van der Waals surface area contributed by atoms with Gasteiger partial charge in [0.15, 0.2) is 0 Å². The lowest BCUT2D eigenvalue weighted by Crippen LogP contribution is -2.50. The monoisotopic (exact) mass is 518 g/mol. The van der Waals surface area contributed by atoms with Gasteiger partial charge in [0.1, 0.15) is 6.54 Å². The SMILES string of the molecule is Cc1ccc(S(=O)(=O)N(CC(=O)N(C)C2CCCCC2O)c2ccc(Cl)c(C(F)(F)F)c2)cc1. The predicted molar refractivity (Wildman–Crippen MR) is 123 cm³/mol. The van der Waals surface area contributed by atoms with Gasteiger partial charge in [-0.1, -0.05) is 42.1 Å². The van der Waals surface area contributed by atoms with E-state index in [1.165, 1.54) is 24.1 Å². The van der Waals surface area contributed by atoms with Crippen LogP contribution in [0.15, 0.2) is 47.4 Å². The maximum atomic E-state index is 13.5. The highest BCUT2D eigenvalue weighted by molar-refractivity contribution is 7.92. The Morgan fingerprint density at radius 2 is 1.74 bits per heavy atom.